The zero-order valence-electron chi connectivity index (χ0n) is 16.5. The lowest BCUT2D eigenvalue weighted by atomic mass is 10.0. The van der Waals surface area contributed by atoms with E-state index in [1.54, 1.807) is 30.3 Å². The van der Waals surface area contributed by atoms with E-state index in [1.807, 2.05) is 43.3 Å². The summed E-state index contributed by atoms with van der Waals surface area (Å²) in [4.78, 5) is 16.2. The van der Waals surface area contributed by atoms with Crippen molar-refractivity contribution in [2.75, 3.05) is 6.61 Å². The third-order valence-corrected chi connectivity index (χ3v) is 4.43. The van der Waals surface area contributed by atoms with Crippen molar-refractivity contribution in [2.45, 2.75) is 20.0 Å². The van der Waals surface area contributed by atoms with Crippen molar-refractivity contribution in [3.05, 3.63) is 101 Å². The van der Waals surface area contributed by atoms with Gasteiger partial charge in [0.15, 0.2) is 6.61 Å². The number of rotatable bonds is 9. The molecule has 0 amide bonds. The van der Waals surface area contributed by atoms with Crippen molar-refractivity contribution in [2.24, 2.45) is 5.16 Å². The first-order valence-electron chi connectivity index (χ1n) is 9.44. The normalized spacial score (nSPS) is 11.2. The van der Waals surface area contributed by atoms with Gasteiger partial charge in [-0.25, -0.2) is 9.18 Å². The second kappa shape index (κ2) is 10.2. The van der Waals surface area contributed by atoms with Crippen molar-refractivity contribution in [1.29, 1.82) is 0 Å². The average Bonchev–Trinajstić information content (AvgIpc) is 2.74. The molecule has 0 bridgehead atoms. The molecule has 0 radical (unpaired) electrons. The molecule has 5 nitrogen and oxygen atoms in total. The Morgan fingerprint density at radius 3 is 2.47 bits per heavy atom. The fourth-order valence-electron chi connectivity index (χ4n) is 2.90. The Balaban J connectivity index is 1.82. The molecular formula is C24H22FNO4. The summed E-state index contributed by atoms with van der Waals surface area (Å²) in [6, 6.07) is 21.6. The van der Waals surface area contributed by atoms with Gasteiger partial charge in [-0.15, -0.1) is 0 Å². The lowest BCUT2D eigenvalue weighted by molar-refractivity contribution is -0.139. The molecular weight excluding hydrogens is 385 g/mol. The van der Waals surface area contributed by atoms with Crippen LogP contribution in [0.15, 0.2) is 78.0 Å². The summed E-state index contributed by atoms with van der Waals surface area (Å²) in [5.41, 5.74) is 3.74. The van der Waals surface area contributed by atoms with Gasteiger partial charge in [0, 0.05) is 17.5 Å². The minimum Gasteiger partial charge on any atom is -0.482 e. The van der Waals surface area contributed by atoms with Crippen molar-refractivity contribution >= 4 is 11.7 Å². The third kappa shape index (κ3) is 5.91. The zero-order valence-corrected chi connectivity index (χ0v) is 16.5. The van der Waals surface area contributed by atoms with E-state index in [1.165, 1.54) is 6.07 Å². The first kappa shape index (κ1) is 21.0. The van der Waals surface area contributed by atoms with E-state index in [4.69, 9.17) is 14.7 Å². The van der Waals surface area contributed by atoms with Gasteiger partial charge in [-0.05, 0) is 42.3 Å². The summed E-state index contributed by atoms with van der Waals surface area (Å²) >= 11 is 0. The molecule has 0 aliphatic rings. The number of hydrogen-bond acceptors (Lipinski definition) is 4. The van der Waals surface area contributed by atoms with Gasteiger partial charge >= 0.3 is 5.97 Å². The summed E-state index contributed by atoms with van der Waals surface area (Å²) in [6.07, 6.45) is 0.521. The van der Waals surface area contributed by atoms with Gasteiger partial charge in [0.2, 0.25) is 0 Å². The summed E-state index contributed by atoms with van der Waals surface area (Å²) in [5, 5.41) is 13.1. The molecule has 3 aromatic rings. The van der Waals surface area contributed by atoms with Gasteiger partial charge in [-0.2, -0.15) is 0 Å². The maximum Gasteiger partial charge on any atom is 0.341 e. The molecule has 1 N–H and O–H groups in total. The first-order chi connectivity index (χ1) is 14.5. The Morgan fingerprint density at radius 1 is 1.03 bits per heavy atom. The standard InChI is InChI=1S/C24H22FNO4/c1-17-13-19(11-12-23(17)29-16-24(27)28)22(14-18-7-3-2-4-8-18)26-30-15-20-9-5-6-10-21(20)25/h2-13H,14-16H2,1H3,(H,27,28)/b26-22+. The van der Waals surface area contributed by atoms with Crippen LogP contribution in [0.3, 0.4) is 0 Å². The molecule has 0 heterocycles. The molecule has 0 aromatic heterocycles. The number of carboxylic acid groups (broad SMARTS) is 1. The van der Waals surface area contributed by atoms with Crippen LogP contribution in [0.1, 0.15) is 22.3 Å². The van der Waals surface area contributed by atoms with Crippen LogP contribution in [0.4, 0.5) is 4.39 Å². The molecule has 0 aliphatic carbocycles. The second-order valence-corrected chi connectivity index (χ2v) is 6.73. The smallest absolute Gasteiger partial charge is 0.341 e. The minimum atomic E-state index is -1.04. The van der Waals surface area contributed by atoms with E-state index in [0.717, 1.165) is 16.7 Å². The highest BCUT2D eigenvalue weighted by Gasteiger charge is 2.11. The predicted molar refractivity (Wildman–Crippen MR) is 112 cm³/mol. The molecule has 0 fully saturated rings. The maximum atomic E-state index is 13.8. The van der Waals surface area contributed by atoms with Crippen LogP contribution in [0, 0.1) is 12.7 Å². The maximum absolute atomic E-state index is 13.8. The molecule has 0 atom stereocenters. The summed E-state index contributed by atoms with van der Waals surface area (Å²) in [5.74, 6) is -0.882. The van der Waals surface area contributed by atoms with E-state index >= 15 is 0 Å². The molecule has 3 rings (SSSR count). The van der Waals surface area contributed by atoms with Crippen LogP contribution in [0.5, 0.6) is 5.75 Å². The Morgan fingerprint density at radius 2 is 1.77 bits per heavy atom. The zero-order chi connectivity index (χ0) is 21.3. The number of aryl methyl sites for hydroxylation is 1. The molecule has 0 saturated heterocycles. The van der Waals surface area contributed by atoms with Crippen LogP contribution in [-0.4, -0.2) is 23.4 Å². The van der Waals surface area contributed by atoms with Crippen molar-refractivity contribution in [3.63, 3.8) is 0 Å². The number of hydrogen-bond donors (Lipinski definition) is 1. The highest BCUT2D eigenvalue weighted by atomic mass is 19.1. The Hall–Kier alpha value is -3.67. The molecule has 6 heteroatoms. The number of carbonyl (C=O) groups is 1. The largest absolute Gasteiger partial charge is 0.482 e. The van der Waals surface area contributed by atoms with Crippen molar-refractivity contribution in [3.8, 4) is 5.75 Å². The number of aliphatic carboxylic acids is 1. The number of nitrogens with zero attached hydrogens (tertiary/aromatic N) is 1. The minimum absolute atomic E-state index is 0.0176. The summed E-state index contributed by atoms with van der Waals surface area (Å²) in [7, 11) is 0. The Labute approximate surface area is 174 Å². The van der Waals surface area contributed by atoms with Crippen molar-refractivity contribution in [1.82, 2.24) is 0 Å². The topological polar surface area (TPSA) is 68.1 Å². The lowest BCUT2D eigenvalue weighted by Gasteiger charge is -2.12. The van der Waals surface area contributed by atoms with Crippen LogP contribution in [0.25, 0.3) is 0 Å². The van der Waals surface area contributed by atoms with E-state index in [-0.39, 0.29) is 12.4 Å². The Bertz CT molecular complexity index is 1030. The lowest BCUT2D eigenvalue weighted by Crippen LogP contribution is -2.11. The van der Waals surface area contributed by atoms with Gasteiger partial charge in [0.05, 0.1) is 5.71 Å². The van der Waals surface area contributed by atoms with Crippen LogP contribution >= 0.6 is 0 Å². The quantitative estimate of drug-likeness (QED) is 0.410. The number of halogens is 1. The molecule has 3 aromatic carbocycles. The van der Waals surface area contributed by atoms with Gasteiger partial charge < -0.3 is 14.7 Å². The predicted octanol–water partition coefficient (Wildman–Crippen LogP) is 4.76. The molecule has 30 heavy (non-hydrogen) atoms. The first-order valence-corrected chi connectivity index (χ1v) is 9.44. The molecule has 0 saturated carbocycles. The Kier molecular flexibility index (Phi) is 7.16. The van der Waals surface area contributed by atoms with Gasteiger partial charge in [0.1, 0.15) is 18.2 Å². The van der Waals surface area contributed by atoms with Crippen LogP contribution < -0.4 is 4.74 Å². The number of carboxylic acids is 1. The third-order valence-electron chi connectivity index (χ3n) is 4.43. The summed E-state index contributed by atoms with van der Waals surface area (Å²) in [6.45, 7) is 1.45. The SMILES string of the molecule is Cc1cc(/C(Cc2ccccc2)=N/OCc2ccccc2F)ccc1OCC(=O)O. The van der Waals surface area contributed by atoms with Crippen molar-refractivity contribution < 1.29 is 23.9 Å². The van der Waals surface area contributed by atoms with E-state index < -0.39 is 12.6 Å². The monoisotopic (exact) mass is 407 g/mol. The highest BCUT2D eigenvalue weighted by molar-refractivity contribution is 6.01. The molecule has 0 unspecified atom stereocenters. The number of ether oxygens (including phenoxy) is 1. The fourth-order valence-corrected chi connectivity index (χ4v) is 2.90. The second-order valence-electron chi connectivity index (χ2n) is 6.73. The van der Waals surface area contributed by atoms with E-state index in [0.29, 0.717) is 23.4 Å². The summed E-state index contributed by atoms with van der Waals surface area (Å²) < 4.78 is 19.1. The van der Waals surface area contributed by atoms with E-state index in [2.05, 4.69) is 5.16 Å². The van der Waals surface area contributed by atoms with Crippen LogP contribution in [-0.2, 0) is 22.7 Å². The number of benzene rings is 3. The van der Waals surface area contributed by atoms with Crippen LogP contribution in [0.2, 0.25) is 0 Å². The van der Waals surface area contributed by atoms with Gasteiger partial charge in [-0.1, -0.05) is 53.7 Å². The van der Waals surface area contributed by atoms with Gasteiger partial charge in [0.25, 0.3) is 0 Å². The van der Waals surface area contributed by atoms with E-state index in [9.17, 15) is 9.18 Å². The molecule has 0 spiro atoms. The van der Waals surface area contributed by atoms with Gasteiger partial charge in [-0.3, -0.25) is 0 Å². The molecule has 154 valence electrons. The molecule has 0 aliphatic heterocycles. The fraction of sp³-hybridized carbons (Fsp3) is 0.167. The highest BCUT2D eigenvalue weighted by Crippen LogP contribution is 2.21. The number of oxime groups is 1. The average molecular weight is 407 g/mol.